The van der Waals surface area contributed by atoms with Crippen molar-refractivity contribution in [3.05, 3.63) is 136 Å². The zero-order valence-electron chi connectivity index (χ0n) is 25.4. The van der Waals surface area contributed by atoms with Crippen LogP contribution in [0.4, 0.5) is 19.0 Å². The predicted molar refractivity (Wildman–Crippen MR) is 163 cm³/mol. The van der Waals surface area contributed by atoms with Gasteiger partial charge >= 0.3 is 12.1 Å². The predicted octanol–water partition coefficient (Wildman–Crippen LogP) is 7.08. The Bertz CT molecular complexity index is 1770. The molecule has 0 spiro atoms. The van der Waals surface area contributed by atoms with Crippen molar-refractivity contribution >= 4 is 23.5 Å². The van der Waals surface area contributed by atoms with E-state index in [4.69, 9.17) is 9.47 Å². The van der Waals surface area contributed by atoms with Crippen LogP contribution in [0.25, 0.3) is 0 Å². The van der Waals surface area contributed by atoms with Crippen molar-refractivity contribution in [3.8, 4) is 0 Å². The summed E-state index contributed by atoms with van der Waals surface area (Å²) in [5.74, 6) is -2.56. The van der Waals surface area contributed by atoms with E-state index < -0.39 is 47.3 Å². The lowest BCUT2D eigenvalue weighted by Gasteiger charge is -2.26. The number of nitrogens with zero attached hydrogens (tertiary/aromatic N) is 3. The van der Waals surface area contributed by atoms with Crippen molar-refractivity contribution in [2.75, 3.05) is 12.0 Å². The molecule has 0 saturated heterocycles. The molecular formula is C35H30F3N3O5. The normalized spacial score (nSPS) is 15.7. The molecule has 1 aliphatic rings. The van der Waals surface area contributed by atoms with Gasteiger partial charge in [-0.05, 0) is 48.2 Å². The number of carbonyl (C=O) groups is 3. The second-order valence-electron chi connectivity index (χ2n) is 11.0. The van der Waals surface area contributed by atoms with Crippen molar-refractivity contribution in [1.29, 1.82) is 0 Å². The third-order valence-electron chi connectivity index (χ3n) is 7.61. The van der Waals surface area contributed by atoms with Gasteiger partial charge in [0.2, 0.25) is 6.10 Å². The highest BCUT2D eigenvalue weighted by atomic mass is 19.4. The number of alkyl halides is 3. The quantitative estimate of drug-likeness (QED) is 0.144. The fraction of sp³-hybridized carbons (Fsp3) is 0.229. The Hall–Kier alpha value is -5.32. The van der Waals surface area contributed by atoms with E-state index in [0.29, 0.717) is 11.3 Å². The van der Waals surface area contributed by atoms with Gasteiger partial charge in [-0.25, -0.2) is 4.79 Å². The maximum Gasteiger partial charge on any atom is 0.416 e. The number of hydrogen-bond acceptors (Lipinski definition) is 7. The monoisotopic (exact) mass is 629 g/mol. The summed E-state index contributed by atoms with van der Waals surface area (Å²) in [5, 5.41) is 8.20. The van der Waals surface area contributed by atoms with E-state index in [9.17, 15) is 27.6 Å². The number of carbonyl (C=O) groups excluding carboxylic acids is 3. The van der Waals surface area contributed by atoms with Crippen LogP contribution in [0, 0.1) is 6.92 Å². The number of benzene rings is 3. The van der Waals surface area contributed by atoms with Crippen LogP contribution in [0.3, 0.4) is 0 Å². The summed E-state index contributed by atoms with van der Waals surface area (Å²) in [5.41, 5.74) is 1.15. The van der Waals surface area contributed by atoms with Gasteiger partial charge in [0, 0.05) is 11.1 Å². The Labute approximate surface area is 263 Å². The summed E-state index contributed by atoms with van der Waals surface area (Å²) in [7, 11) is 1.16. The molecule has 5 rings (SSSR count). The van der Waals surface area contributed by atoms with Crippen molar-refractivity contribution in [1.82, 2.24) is 10.2 Å². The molecule has 3 aromatic carbocycles. The zero-order chi connectivity index (χ0) is 33.2. The number of hydrogen-bond donors (Lipinski definition) is 0. The summed E-state index contributed by atoms with van der Waals surface area (Å²) in [4.78, 5) is 42.9. The Kier molecular flexibility index (Phi) is 9.04. The molecule has 8 nitrogen and oxygen atoms in total. The minimum atomic E-state index is -4.61. The molecule has 0 unspecified atom stereocenters. The number of esters is 1. The first kappa shape index (κ1) is 32.1. The van der Waals surface area contributed by atoms with Crippen molar-refractivity contribution in [3.63, 3.8) is 0 Å². The molecule has 0 radical (unpaired) electrons. The summed E-state index contributed by atoms with van der Waals surface area (Å²) in [6.07, 6.45) is -6.06. The van der Waals surface area contributed by atoms with E-state index in [1.807, 2.05) is 13.8 Å². The third-order valence-corrected chi connectivity index (χ3v) is 7.61. The largest absolute Gasteiger partial charge is 0.468 e. The number of aryl methyl sites for hydroxylation is 1. The molecule has 0 bridgehead atoms. The van der Waals surface area contributed by atoms with Gasteiger partial charge in [0.15, 0.2) is 17.4 Å². The van der Waals surface area contributed by atoms with Crippen LogP contribution < -0.4 is 4.90 Å². The minimum absolute atomic E-state index is 0.0221. The van der Waals surface area contributed by atoms with E-state index in [1.165, 1.54) is 18.2 Å². The highest BCUT2D eigenvalue weighted by molar-refractivity contribution is 6.21. The number of amides is 1. The van der Waals surface area contributed by atoms with Gasteiger partial charge in [-0.1, -0.05) is 80.6 Å². The molecule has 2 heterocycles. The molecular weight excluding hydrogens is 599 g/mol. The highest BCUT2D eigenvalue weighted by Gasteiger charge is 2.48. The number of anilines is 1. The van der Waals surface area contributed by atoms with Gasteiger partial charge < -0.3 is 9.47 Å². The maximum atomic E-state index is 14.4. The van der Waals surface area contributed by atoms with E-state index in [0.717, 1.165) is 29.7 Å². The lowest BCUT2D eigenvalue weighted by molar-refractivity contribution is -0.152. The maximum absolute atomic E-state index is 14.4. The minimum Gasteiger partial charge on any atom is -0.468 e. The van der Waals surface area contributed by atoms with Crippen LogP contribution in [0.2, 0.25) is 0 Å². The van der Waals surface area contributed by atoms with Crippen LogP contribution in [0.15, 0.2) is 102 Å². The van der Waals surface area contributed by atoms with Crippen LogP contribution in [-0.2, 0) is 25.2 Å². The fourth-order valence-corrected chi connectivity index (χ4v) is 5.14. The first-order chi connectivity index (χ1) is 21.9. The number of Topliss-reactive ketones (excluding diaryl/α,β-unsaturated/α-hetero) is 1. The average Bonchev–Trinajstić information content (AvgIpc) is 3.34. The molecule has 236 valence electrons. The lowest BCUT2D eigenvalue weighted by atomic mass is 9.91. The highest BCUT2D eigenvalue weighted by Crippen LogP contribution is 2.44. The molecule has 11 heteroatoms. The van der Waals surface area contributed by atoms with Gasteiger partial charge in [-0.2, -0.15) is 18.3 Å². The molecule has 0 aliphatic carbocycles. The summed E-state index contributed by atoms with van der Waals surface area (Å²) < 4.78 is 51.7. The summed E-state index contributed by atoms with van der Waals surface area (Å²) in [6, 6.07) is 21.0. The fourth-order valence-electron chi connectivity index (χ4n) is 5.14. The Morgan fingerprint density at radius 3 is 2.04 bits per heavy atom. The van der Waals surface area contributed by atoms with E-state index in [2.05, 4.69) is 10.2 Å². The van der Waals surface area contributed by atoms with E-state index in [-0.39, 0.29) is 28.4 Å². The van der Waals surface area contributed by atoms with Crippen molar-refractivity contribution < 1.29 is 37.0 Å². The number of methoxy groups -OCH3 is 1. The number of halogens is 3. The molecule has 1 aromatic heterocycles. The van der Waals surface area contributed by atoms with E-state index >= 15 is 0 Å². The van der Waals surface area contributed by atoms with Crippen LogP contribution >= 0.6 is 0 Å². The number of ether oxygens (including phenoxy) is 2. The first-order valence-electron chi connectivity index (χ1n) is 14.4. The second kappa shape index (κ2) is 13.0. The first-order valence-corrected chi connectivity index (χ1v) is 14.4. The van der Waals surface area contributed by atoms with Crippen molar-refractivity contribution in [2.45, 2.75) is 45.0 Å². The molecule has 1 aliphatic heterocycles. The Morgan fingerprint density at radius 1 is 0.848 bits per heavy atom. The summed E-state index contributed by atoms with van der Waals surface area (Å²) >= 11 is 0. The van der Waals surface area contributed by atoms with Crippen LogP contribution in [0.5, 0.6) is 0 Å². The Balaban J connectivity index is 1.74. The molecule has 0 saturated carbocycles. The summed E-state index contributed by atoms with van der Waals surface area (Å²) in [6.45, 7) is 5.69. The van der Waals surface area contributed by atoms with E-state index in [1.54, 1.807) is 67.6 Å². The number of rotatable bonds is 9. The van der Waals surface area contributed by atoms with Crippen LogP contribution in [0.1, 0.15) is 70.2 Å². The molecule has 0 N–H and O–H groups in total. The standard InChI is InChI=1S/C35H30F3N3O5/c1-20(2)22-11-13-24(14-12-22)30(42)28-29(23-15-17-26(18-16-23)35(36,37)38)41(27-19-10-21(3)39-40-27)33(43)32(28)46-31(34(44)45-4)25-8-6-5-7-9-25/h5-20,29,31H,1-4H3/t29-,31-/m1/s1. The topological polar surface area (TPSA) is 98.7 Å². The lowest BCUT2D eigenvalue weighted by Crippen LogP contribution is -2.32. The van der Waals surface area contributed by atoms with Gasteiger partial charge in [0.05, 0.1) is 30.0 Å². The SMILES string of the molecule is COC(=O)[C@H](OC1=C(C(=O)c2ccc(C(C)C)cc2)[C@@H](c2ccc(C(F)(F)F)cc2)N(c2ccc(C)nn2)C1=O)c1ccccc1. The average molecular weight is 630 g/mol. The van der Waals surface area contributed by atoms with Gasteiger partial charge in [-0.3, -0.25) is 14.5 Å². The second-order valence-corrected chi connectivity index (χ2v) is 11.0. The molecule has 2 atom stereocenters. The number of ketones is 1. The molecule has 4 aromatic rings. The molecule has 46 heavy (non-hydrogen) atoms. The number of aromatic nitrogens is 2. The smallest absolute Gasteiger partial charge is 0.416 e. The van der Waals surface area contributed by atoms with Gasteiger partial charge in [0.1, 0.15) is 0 Å². The third kappa shape index (κ3) is 6.39. The molecule has 0 fully saturated rings. The van der Waals surface area contributed by atoms with Crippen LogP contribution in [-0.4, -0.2) is 35.0 Å². The zero-order valence-corrected chi connectivity index (χ0v) is 25.4. The molecule has 1 amide bonds. The van der Waals surface area contributed by atoms with Gasteiger partial charge in [-0.15, -0.1) is 5.10 Å². The van der Waals surface area contributed by atoms with Crippen molar-refractivity contribution in [2.24, 2.45) is 0 Å². The Morgan fingerprint density at radius 2 is 1.50 bits per heavy atom. The van der Waals surface area contributed by atoms with Gasteiger partial charge in [0.25, 0.3) is 5.91 Å².